The molecule has 0 atom stereocenters. The number of hydrogen-bond acceptors (Lipinski definition) is 6. The largest absolute Gasteiger partial charge is 0.355 e. The minimum absolute atomic E-state index is 0.182. The summed E-state index contributed by atoms with van der Waals surface area (Å²) in [5.41, 5.74) is 0.755. The van der Waals surface area contributed by atoms with Crippen LogP contribution in [0.2, 0.25) is 0 Å². The summed E-state index contributed by atoms with van der Waals surface area (Å²) in [6.45, 7) is 4.46. The van der Waals surface area contributed by atoms with Gasteiger partial charge >= 0.3 is 0 Å². The molecule has 0 bridgehead atoms. The van der Waals surface area contributed by atoms with Gasteiger partial charge in [-0.25, -0.2) is 0 Å². The van der Waals surface area contributed by atoms with E-state index in [2.05, 4.69) is 15.1 Å². The van der Waals surface area contributed by atoms with Crippen molar-refractivity contribution in [3.05, 3.63) is 18.0 Å². The van der Waals surface area contributed by atoms with Crippen molar-refractivity contribution in [1.82, 2.24) is 28.4 Å². The van der Waals surface area contributed by atoms with Gasteiger partial charge in [0, 0.05) is 45.2 Å². The minimum atomic E-state index is -3.31. The first-order chi connectivity index (χ1) is 13.6. The van der Waals surface area contributed by atoms with Gasteiger partial charge in [0.25, 0.3) is 10.2 Å². The van der Waals surface area contributed by atoms with Crippen LogP contribution in [0.3, 0.4) is 0 Å². The zero-order valence-corrected chi connectivity index (χ0v) is 16.9. The third-order valence-electron chi connectivity index (χ3n) is 6.24. The highest BCUT2D eigenvalue weighted by molar-refractivity contribution is 7.86. The van der Waals surface area contributed by atoms with E-state index in [-0.39, 0.29) is 5.92 Å². The Hall–Kier alpha value is -1.78. The molecule has 2 aromatic rings. The average Bonchev–Trinajstić information content (AvgIpc) is 3.49. The van der Waals surface area contributed by atoms with Crippen LogP contribution in [0.1, 0.15) is 50.3 Å². The highest BCUT2D eigenvalue weighted by Crippen LogP contribution is 2.30. The number of hydrogen-bond donors (Lipinski definition) is 0. The average molecular weight is 406 g/mol. The molecule has 5 rings (SSSR count). The Kier molecular flexibility index (Phi) is 4.72. The summed E-state index contributed by atoms with van der Waals surface area (Å²) in [5.74, 6) is 2.01. The molecule has 0 radical (unpaired) electrons. The first kappa shape index (κ1) is 18.3. The summed E-state index contributed by atoms with van der Waals surface area (Å²) >= 11 is 0. The smallest absolute Gasteiger partial charge is 0.281 e. The molecule has 3 saturated heterocycles. The second-order valence-corrected chi connectivity index (χ2v) is 9.93. The van der Waals surface area contributed by atoms with Gasteiger partial charge in [0.15, 0.2) is 11.5 Å². The van der Waals surface area contributed by atoms with E-state index in [1.54, 1.807) is 8.61 Å². The van der Waals surface area contributed by atoms with E-state index < -0.39 is 10.2 Å². The van der Waals surface area contributed by atoms with Crippen LogP contribution in [0.25, 0.3) is 5.65 Å². The minimum Gasteiger partial charge on any atom is -0.355 e. The molecule has 0 amide bonds. The molecule has 28 heavy (non-hydrogen) atoms. The maximum atomic E-state index is 12.8. The molecule has 10 heteroatoms. The summed E-state index contributed by atoms with van der Waals surface area (Å²) in [5, 5.41) is 13.5. The van der Waals surface area contributed by atoms with Gasteiger partial charge in [-0.05, 0) is 50.7 Å². The van der Waals surface area contributed by atoms with Gasteiger partial charge in [-0.2, -0.15) is 21.5 Å². The molecule has 0 saturated carbocycles. The summed E-state index contributed by atoms with van der Waals surface area (Å²) in [6.07, 6.45) is 5.85. The predicted molar refractivity (Wildman–Crippen MR) is 106 cm³/mol. The molecule has 5 heterocycles. The van der Waals surface area contributed by atoms with Gasteiger partial charge < -0.3 is 4.90 Å². The highest BCUT2D eigenvalue weighted by atomic mass is 32.2. The fourth-order valence-corrected chi connectivity index (χ4v) is 6.31. The quantitative estimate of drug-likeness (QED) is 0.761. The van der Waals surface area contributed by atoms with E-state index in [4.69, 9.17) is 5.10 Å². The molecule has 3 aliphatic heterocycles. The van der Waals surface area contributed by atoms with E-state index >= 15 is 0 Å². The molecule has 0 spiro atoms. The van der Waals surface area contributed by atoms with Gasteiger partial charge in [-0.15, -0.1) is 15.3 Å². The normalized spacial score (nSPS) is 23.2. The Morgan fingerprint density at radius 2 is 1.46 bits per heavy atom. The Labute approximate surface area is 165 Å². The number of fused-ring (bicyclic) bond motifs is 1. The molecular formula is C18H27N7O2S. The van der Waals surface area contributed by atoms with Crippen molar-refractivity contribution >= 4 is 21.7 Å². The van der Waals surface area contributed by atoms with Crippen LogP contribution in [0.15, 0.2) is 12.1 Å². The maximum absolute atomic E-state index is 12.8. The molecule has 3 aliphatic rings. The van der Waals surface area contributed by atoms with Crippen molar-refractivity contribution in [3.63, 3.8) is 0 Å². The lowest BCUT2D eigenvalue weighted by Gasteiger charge is -2.33. The lowest BCUT2D eigenvalue weighted by molar-refractivity contribution is 0.290. The Morgan fingerprint density at radius 3 is 2.18 bits per heavy atom. The van der Waals surface area contributed by atoms with Crippen LogP contribution in [-0.4, -0.2) is 76.1 Å². The zero-order chi connectivity index (χ0) is 19.1. The lowest BCUT2D eigenvalue weighted by atomic mass is 9.97. The SMILES string of the molecule is O=S(=O)(N1CCCC1)N1CCC(c2nnc3ccc(N4CCCC4)nn23)CC1. The third-order valence-corrected chi connectivity index (χ3v) is 8.28. The molecule has 152 valence electrons. The Morgan fingerprint density at radius 1 is 0.821 bits per heavy atom. The van der Waals surface area contributed by atoms with Crippen LogP contribution in [-0.2, 0) is 10.2 Å². The molecule has 3 fully saturated rings. The van der Waals surface area contributed by atoms with Gasteiger partial charge in [0.1, 0.15) is 5.82 Å². The van der Waals surface area contributed by atoms with Gasteiger partial charge in [-0.1, -0.05) is 0 Å². The first-order valence-electron chi connectivity index (χ1n) is 10.4. The standard InChI is InChI=1S/C18H27N7O2S/c26-28(27,23-11-3-4-12-23)24-13-7-15(8-14-24)18-20-19-16-5-6-17(21-25(16)18)22-9-1-2-10-22/h5-6,15H,1-4,7-14H2. The van der Waals surface area contributed by atoms with Gasteiger partial charge in [-0.3, -0.25) is 0 Å². The number of rotatable bonds is 4. The second kappa shape index (κ2) is 7.23. The number of anilines is 1. The number of nitrogens with zero attached hydrogens (tertiary/aromatic N) is 7. The summed E-state index contributed by atoms with van der Waals surface area (Å²) < 4.78 is 30.7. The van der Waals surface area contributed by atoms with Crippen LogP contribution in [0, 0.1) is 0 Å². The van der Waals surface area contributed by atoms with E-state index in [1.807, 2.05) is 16.6 Å². The van der Waals surface area contributed by atoms with Crippen molar-refractivity contribution in [2.75, 3.05) is 44.2 Å². The summed E-state index contributed by atoms with van der Waals surface area (Å²) in [6, 6.07) is 3.99. The van der Waals surface area contributed by atoms with Gasteiger partial charge in [0.2, 0.25) is 0 Å². The molecule has 0 N–H and O–H groups in total. The molecular weight excluding hydrogens is 378 g/mol. The second-order valence-electron chi connectivity index (χ2n) is 8.00. The summed E-state index contributed by atoms with van der Waals surface area (Å²) in [7, 11) is -3.31. The number of aromatic nitrogens is 4. The van der Waals surface area contributed by atoms with Gasteiger partial charge in [0.05, 0.1) is 0 Å². The van der Waals surface area contributed by atoms with Crippen LogP contribution < -0.4 is 4.90 Å². The maximum Gasteiger partial charge on any atom is 0.281 e. The third kappa shape index (κ3) is 3.17. The van der Waals surface area contributed by atoms with Crippen LogP contribution in [0.4, 0.5) is 5.82 Å². The highest BCUT2D eigenvalue weighted by Gasteiger charge is 2.35. The molecule has 9 nitrogen and oxygen atoms in total. The van der Waals surface area contributed by atoms with Crippen molar-refractivity contribution in [1.29, 1.82) is 0 Å². The fourth-order valence-electron chi connectivity index (χ4n) is 4.59. The Balaban J connectivity index is 1.33. The van der Waals surface area contributed by atoms with E-state index in [0.717, 1.165) is 56.1 Å². The van der Waals surface area contributed by atoms with E-state index in [0.29, 0.717) is 26.2 Å². The van der Waals surface area contributed by atoms with Crippen LogP contribution >= 0.6 is 0 Å². The monoisotopic (exact) mass is 405 g/mol. The van der Waals surface area contributed by atoms with Crippen molar-refractivity contribution < 1.29 is 8.42 Å². The Bertz CT molecular complexity index is 940. The number of piperidine rings is 1. The topological polar surface area (TPSA) is 86.9 Å². The first-order valence-corrected chi connectivity index (χ1v) is 11.8. The van der Waals surface area contributed by atoms with Crippen molar-refractivity contribution in [3.8, 4) is 0 Å². The summed E-state index contributed by atoms with van der Waals surface area (Å²) in [4.78, 5) is 2.30. The zero-order valence-electron chi connectivity index (χ0n) is 16.1. The molecule has 2 aromatic heterocycles. The fraction of sp³-hybridized carbons (Fsp3) is 0.722. The lowest BCUT2D eigenvalue weighted by Crippen LogP contribution is -2.46. The molecule has 0 aromatic carbocycles. The molecule has 0 unspecified atom stereocenters. The van der Waals surface area contributed by atoms with Crippen LogP contribution in [0.5, 0.6) is 0 Å². The van der Waals surface area contributed by atoms with E-state index in [1.165, 1.54) is 12.8 Å². The van der Waals surface area contributed by atoms with Crippen molar-refractivity contribution in [2.24, 2.45) is 0 Å². The molecule has 0 aliphatic carbocycles. The predicted octanol–water partition coefficient (Wildman–Crippen LogP) is 1.24. The van der Waals surface area contributed by atoms with Crippen molar-refractivity contribution in [2.45, 2.75) is 44.4 Å². The van der Waals surface area contributed by atoms with E-state index in [9.17, 15) is 8.42 Å².